The number of benzene rings is 2. The molecule has 0 radical (unpaired) electrons. The van der Waals surface area contributed by atoms with Gasteiger partial charge in [-0.1, -0.05) is 24.3 Å². The third-order valence-electron chi connectivity index (χ3n) is 4.50. The van der Waals surface area contributed by atoms with E-state index in [9.17, 15) is 13.5 Å². The minimum absolute atomic E-state index is 0.126. The van der Waals surface area contributed by atoms with Gasteiger partial charge in [0.2, 0.25) is 10.0 Å². The van der Waals surface area contributed by atoms with Crippen molar-refractivity contribution in [3.63, 3.8) is 0 Å². The van der Waals surface area contributed by atoms with Gasteiger partial charge in [0, 0.05) is 26.2 Å². The van der Waals surface area contributed by atoms with Crippen LogP contribution in [0.1, 0.15) is 37.4 Å². The second kappa shape index (κ2) is 8.66. The summed E-state index contributed by atoms with van der Waals surface area (Å²) in [5.74, 6) is 0.285. The van der Waals surface area contributed by atoms with Crippen LogP contribution < -0.4 is 5.32 Å². The predicted molar refractivity (Wildman–Crippen MR) is 105 cm³/mol. The van der Waals surface area contributed by atoms with Gasteiger partial charge in [0.1, 0.15) is 5.75 Å². The van der Waals surface area contributed by atoms with Crippen molar-refractivity contribution in [2.24, 2.45) is 0 Å². The number of hydrogen-bond acceptors (Lipinski definition) is 4. The average molecular weight is 377 g/mol. The fourth-order valence-electron chi connectivity index (χ4n) is 2.79. The Bertz CT molecular complexity index is 800. The Labute approximate surface area is 156 Å². The zero-order chi connectivity index (χ0) is 19.3. The van der Waals surface area contributed by atoms with Crippen LogP contribution in [-0.2, 0) is 16.4 Å². The average Bonchev–Trinajstić information content (AvgIpc) is 2.61. The highest BCUT2D eigenvalue weighted by Gasteiger charge is 2.17. The smallest absolute Gasteiger partial charge is 0.242 e. The lowest BCUT2D eigenvalue weighted by molar-refractivity contribution is 0.455. The van der Waals surface area contributed by atoms with Crippen LogP contribution in [0.5, 0.6) is 5.75 Å². The van der Waals surface area contributed by atoms with Gasteiger partial charge >= 0.3 is 0 Å². The quantitative estimate of drug-likeness (QED) is 0.742. The van der Waals surface area contributed by atoms with Gasteiger partial charge < -0.3 is 10.4 Å². The van der Waals surface area contributed by atoms with Crippen LogP contribution in [-0.4, -0.2) is 38.0 Å². The number of rotatable bonds is 8. The van der Waals surface area contributed by atoms with E-state index in [2.05, 4.69) is 19.2 Å². The molecule has 0 aromatic heterocycles. The molecule has 142 valence electrons. The number of nitrogens with zero attached hydrogens (tertiary/aromatic N) is 1. The molecule has 26 heavy (non-hydrogen) atoms. The maximum atomic E-state index is 12.1. The monoisotopic (exact) mass is 376 g/mol. The molecule has 2 aromatic carbocycles. The molecule has 0 aliphatic heterocycles. The minimum atomic E-state index is -3.39. The van der Waals surface area contributed by atoms with Crippen LogP contribution in [0.2, 0.25) is 0 Å². The zero-order valence-electron chi connectivity index (χ0n) is 15.8. The van der Waals surface area contributed by atoms with Gasteiger partial charge in [-0.15, -0.1) is 0 Å². The van der Waals surface area contributed by atoms with Crippen LogP contribution >= 0.6 is 0 Å². The maximum Gasteiger partial charge on any atom is 0.242 e. The maximum absolute atomic E-state index is 12.1. The van der Waals surface area contributed by atoms with E-state index in [1.807, 2.05) is 24.3 Å². The minimum Gasteiger partial charge on any atom is -0.508 e. The summed E-state index contributed by atoms with van der Waals surface area (Å²) in [6, 6.07) is 14.8. The molecule has 2 aromatic rings. The predicted octanol–water partition coefficient (Wildman–Crippen LogP) is 3.31. The van der Waals surface area contributed by atoms with E-state index < -0.39 is 10.0 Å². The Hall–Kier alpha value is -1.89. The first kappa shape index (κ1) is 20.4. The van der Waals surface area contributed by atoms with Crippen molar-refractivity contribution in [1.82, 2.24) is 9.62 Å². The van der Waals surface area contributed by atoms with Gasteiger partial charge in [-0.05, 0) is 62.1 Å². The van der Waals surface area contributed by atoms with Crippen molar-refractivity contribution >= 4 is 10.0 Å². The van der Waals surface area contributed by atoms with E-state index >= 15 is 0 Å². The van der Waals surface area contributed by atoms with Gasteiger partial charge in [0.05, 0.1) is 4.90 Å². The molecule has 0 spiro atoms. The third-order valence-corrected chi connectivity index (χ3v) is 6.32. The lowest BCUT2D eigenvalue weighted by Crippen LogP contribution is -2.29. The number of phenols is 1. The summed E-state index contributed by atoms with van der Waals surface area (Å²) in [6.07, 6.45) is 1.91. The molecule has 0 fully saturated rings. The molecular weight excluding hydrogens is 348 g/mol. The molecule has 2 N–H and O–H groups in total. The third kappa shape index (κ3) is 5.30. The number of sulfonamides is 1. The van der Waals surface area contributed by atoms with Crippen LogP contribution in [0, 0.1) is 0 Å². The Balaban J connectivity index is 1.92. The molecule has 2 rings (SSSR count). The van der Waals surface area contributed by atoms with E-state index in [1.54, 1.807) is 24.3 Å². The molecule has 2 unspecified atom stereocenters. The van der Waals surface area contributed by atoms with Crippen molar-refractivity contribution in [2.75, 3.05) is 14.1 Å². The SMILES string of the molecule is CC(CCc1ccc(O)cc1)NC(C)c1ccc(S(=O)(=O)N(C)C)cc1. The van der Waals surface area contributed by atoms with Crippen molar-refractivity contribution in [1.29, 1.82) is 0 Å². The summed E-state index contributed by atoms with van der Waals surface area (Å²) in [6.45, 7) is 4.22. The molecule has 6 heteroatoms. The molecule has 2 atom stereocenters. The molecular formula is C20H28N2O3S. The molecule has 0 heterocycles. The molecule has 0 saturated carbocycles. The first-order chi connectivity index (χ1) is 12.2. The van der Waals surface area contributed by atoms with Crippen LogP contribution in [0.4, 0.5) is 0 Å². The largest absolute Gasteiger partial charge is 0.508 e. The number of hydrogen-bond donors (Lipinski definition) is 2. The lowest BCUT2D eigenvalue weighted by atomic mass is 10.0. The summed E-state index contributed by atoms with van der Waals surface area (Å²) in [4.78, 5) is 0.304. The Morgan fingerprint density at radius 3 is 2.12 bits per heavy atom. The summed E-state index contributed by atoms with van der Waals surface area (Å²) in [5.41, 5.74) is 2.25. The van der Waals surface area contributed by atoms with E-state index in [1.165, 1.54) is 24.0 Å². The van der Waals surface area contributed by atoms with Crippen molar-refractivity contribution < 1.29 is 13.5 Å². The molecule has 0 aliphatic rings. The van der Waals surface area contributed by atoms with Crippen molar-refractivity contribution in [3.8, 4) is 5.75 Å². The fraction of sp³-hybridized carbons (Fsp3) is 0.400. The van der Waals surface area contributed by atoms with E-state index in [0.29, 0.717) is 10.9 Å². The Kier molecular flexibility index (Phi) is 6.81. The summed E-state index contributed by atoms with van der Waals surface area (Å²) < 4.78 is 25.5. The number of phenolic OH excluding ortho intramolecular Hbond substituents is 1. The highest BCUT2D eigenvalue weighted by molar-refractivity contribution is 7.89. The summed E-state index contributed by atoms with van der Waals surface area (Å²) in [5, 5.41) is 12.9. The highest BCUT2D eigenvalue weighted by Crippen LogP contribution is 2.19. The van der Waals surface area contributed by atoms with Gasteiger partial charge in [-0.2, -0.15) is 0 Å². The standard InChI is InChI=1S/C20H28N2O3S/c1-15(5-6-17-7-11-19(23)12-8-17)21-16(2)18-9-13-20(14-10-18)26(24,25)22(3)4/h7-16,21,23H,5-6H2,1-4H3. The van der Waals surface area contributed by atoms with Crippen LogP contribution in [0.15, 0.2) is 53.4 Å². The first-order valence-electron chi connectivity index (χ1n) is 8.76. The first-order valence-corrected chi connectivity index (χ1v) is 10.2. The number of aromatic hydroxyl groups is 1. The van der Waals surface area contributed by atoms with Crippen LogP contribution in [0.25, 0.3) is 0 Å². The van der Waals surface area contributed by atoms with Gasteiger partial charge in [0.15, 0.2) is 0 Å². The number of aryl methyl sites for hydroxylation is 1. The number of nitrogens with one attached hydrogen (secondary N) is 1. The summed E-state index contributed by atoms with van der Waals surface area (Å²) in [7, 11) is -0.328. The molecule has 0 amide bonds. The Morgan fingerprint density at radius 1 is 1.00 bits per heavy atom. The molecule has 0 bridgehead atoms. The topological polar surface area (TPSA) is 69.6 Å². The Morgan fingerprint density at radius 2 is 1.58 bits per heavy atom. The normalized spacial score (nSPS) is 14.3. The molecule has 0 saturated heterocycles. The highest BCUT2D eigenvalue weighted by atomic mass is 32.2. The second-order valence-electron chi connectivity index (χ2n) is 6.85. The summed E-state index contributed by atoms with van der Waals surface area (Å²) >= 11 is 0. The lowest BCUT2D eigenvalue weighted by Gasteiger charge is -2.21. The van der Waals surface area contributed by atoms with Gasteiger partial charge in [-0.25, -0.2) is 12.7 Å². The zero-order valence-corrected chi connectivity index (χ0v) is 16.6. The fourth-order valence-corrected chi connectivity index (χ4v) is 3.69. The molecule has 5 nitrogen and oxygen atoms in total. The van der Waals surface area contributed by atoms with Gasteiger partial charge in [-0.3, -0.25) is 0 Å². The van der Waals surface area contributed by atoms with E-state index in [0.717, 1.165) is 18.4 Å². The van der Waals surface area contributed by atoms with Crippen molar-refractivity contribution in [3.05, 3.63) is 59.7 Å². The van der Waals surface area contributed by atoms with Gasteiger partial charge in [0.25, 0.3) is 0 Å². The van der Waals surface area contributed by atoms with E-state index in [-0.39, 0.29) is 11.8 Å². The second-order valence-corrected chi connectivity index (χ2v) is 9.00. The van der Waals surface area contributed by atoms with Crippen LogP contribution in [0.3, 0.4) is 0 Å². The van der Waals surface area contributed by atoms with Crippen molar-refractivity contribution in [2.45, 2.75) is 43.7 Å². The van der Waals surface area contributed by atoms with E-state index in [4.69, 9.17) is 0 Å². The molecule has 0 aliphatic carbocycles.